The van der Waals surface area contributed by atoms with E-state index in [1.807, 2.05) is 29.2 Å². The van der Waals surface area contributed by atoms with Gasteiger partial charge in [-0.1, -0.05) is 18.2 Å². The number of allylic oxidation sites excluding steroid dienone is 1. The number of nitrogens with two attached hydrogens (primary N) is 1. The van der Waals surface area contributed by atoms with Crippen molar-refractivity contribution in [1.29, 1.82) is 0 Å². The van der Waals surface area contributed by atoms with Crippen LogP contribution in [0.15, 0.2) is 30.3 Å². The first kappa shape index (κ1) is 18.5. The van der Waals surface area contributed by atoms with Crippen LogP contribution < -0.4 is 5.73 Å². The van der Waals surface area contributed by atoms with E-state index in [9.17, 15) is 9.59 Å². The second-order valence-electron chi connectivity index (χ2n) is 8.09. The molecule has 2 aromatic rings. The fourth-order valence-electron chi connectivity index (χ4n) is 3.92. The Morgan fingerprint density at radius 2 is 1.72 bits per heavy atom. The number of benzene rings is 1. The summed E-state index contributed by atoms with van der Waals surface area (Å²) >= 11 is 1.74. The Hall–Kier alpha value is -2.51. The number of fused-ring (bicyclic) bond motifs is 1. The summed E-state index contributed by atoms with van der Waals surface area (Å²) in [6.07, 6.45) is 7.94. The summed E-state index contributed by atoms with van der Waals surface area (Å²) < 4.78 is 0. The third-order valence-corrected chi connectivity index (χ3v) is 7.17. The molecule has 2 amide bonds. The highest BCUT2D eigenvalue weighted by molar-refractivity contribution is 7.15. The van der Waals surface area contributed by atoms with Gasteiger partial charge < -0.3 is 15.5 Å². The molecule has 0 atom stereocenters. The molecule has 7 heteroatoms. The number of nitrogens with zero attached hydrogens (tertiary/aromatic N) is 3. The van der Waals surface area contributed by atoms with Crippen molar-refractivity contribution in [2.45, 2.75) is 31.2 Å². The van der Waals surface area contributed by atoms with Crippen molar-refractivity contribution < 1.29 is 9.59 Å². The SMILES string of the molecule is NC1(C(=O)N2CCN(C(=O)c3ccc(-c4nc5c(s4)CCC=C5)cc3)CC2)CC1. The van der Waals surface area contributed by atoms with Crippen LogP contribution in [-0.4, -0.2) is 58.3 Å². The smallest absolute Gasteiger partial charge is 0.253 e. The number of aryl methyl sites for hydroxylation is 1. The van der Waals surface area contributed by atoms with E-state index < -0.39 is 5.54 Å². The molecule has 2 heterocycles. The van der Waals surface area contributed by atoms with E-state index in [1.54, 1.807) is 16.2 Å². The number of hydrogen-bond donors (Lipinski definition) is 1. The molecule has 2 N–H and O–H groups in total. The zero-order valence-electron chi connectivity index (χ0n) is 16.3. The highest BCUT2D eigenvalue weighted by atomic mass is 32.1. The lowest BCUT2D eigenvalue weighted by molar-refractivity contribution is -0.135. The van der Waals surface area contributed by atoms with Crippen molar-refractivity contribution in [2.75, 3.05) is 26.2 Å². The van der Waals surface area contributed by atoms with Gasteiger partial charge in [0, 0.05) is 42.2 Å². The number of carbonyl (C=O) groups excluding carboxylic acids is 2. The highest BCUT2D eigenvalue weighted by Gasteiger charge is 2.48. The van der Waals surface area contributed by atoms with E-state index in [0.29, 0.717) is 31.7 Å². The molecule has 1 saturated heterocycles. The van der Waals surface area contributed by atoms with Crippen molar-refractivity contribution in [3.8, 4) is 10.6 Å². The predicted molar refractivity (Wildman–Crippen MR) is 114 cm³/mol. The van der Waals surface area contributed by atoms with Gasteiger partial charge in [0.15, 0.2) is 0 Å². The van der Waals surface area contributed by atoms with Gasteiger partial charge in [-0.2, -0.15) is 0 Å². The summed E-state index contributed by atoms with van der Waals surface area (Å²) in [5.41, 5.74) is 8.18. The van der Waals surface area contributed by atoms with Crippen LogP contribution in [0.25, 0.3) is 16.6 Å². The number of rotatable bonds is 3. The predicted octanol–water partition coefficient (Wildman–Crippen LogP) is 2.55. The summed E-state index contributed by atoms with van der Waals surface area (Å²) in [4.78, 5) is 34.9. The molecule has 1 aromatic carbocycles. The molecule has 29 heavy (non-hydrogen) atoms. The van der Waals surface area contributed by atoms with Gasteiger partial charge >= 0.3 is 0 Å². The molecule has 5 rings (SSSR count). The minimum atomic E-state index is -0.632. The lowest BCUT2D eigenvalue weighted by Gasteiger charge is -2.36. The Kier molecular flexibility index (Phi) is 4.52. The van der Waals surface area contributed by atoms with E-state index >= 15 is 0 Å². The summed E-state index contributed by atoms with van der Waals surface area (Å²) in [6.45, 7) is 2.21. The standard InChI is InChI=1S/C22H24N4O2S/c23-22(9-10-22)21(28)26-13-11-25(12-14-26)20(27)16-7-5-15(6-8-16)19-24-17-3-1-2-4-18(17)29-19/h1,3,5-8H,2,4,9-14,23H2. The average Bonchev–Trinajstić information content (AvgIpc) is 3.37. The second-order valence-corrected chi connectivity index (χ2v) is 9.17. The van der Waals surface area contributed by atoms with Crippen LogP contribution in [0.1, 0.15) is 40.2 Å². The molecule has 1 aromatic heterocycles. The number of carbonyl (C=O) groups is 2. The Morgan fingerprint density at radius 1 is 1.03 bits per heavy atom. The first-order valence-electron chi connectivity index (χ1n) is 10.2. The Bertz CT molecular complexity index is 983. The topological polar surface area (TPSA) is 79.5 Å². The molecule has 0 bridgehead atoms. The van der Waals surface area contributed by atoms with Crippen LogP contribution in [0.5, 0.6) is 0 Å². The Balaban J connectivity index is 1.23. The maximum absolute atomic E-state index is 12.9. The molecule has 0 unspecified atom stereocenters. The molecular formula is C22H24N4O2S. The lowest BCUT2D eigenvalue weighted by atomic mass is 10.1. The van der Waals surface area contributed by atoms with E-state index in [2.05, 4.69) is 12.2 Å². The van der Waals surface area contributed by atoms with Gasteiger partial charge in [0.05, 0.1) is 11.2 Å². The van der Waals surface area contributed by atoms with Crippen LogP contribution in [0.4, 0.5) is 0 Å². The normalized spacial score (nSPS) is 19.8. The minimum absolute atomic E-state index is 0.0129. The summed E-state index contributed by atoms with van der Waals surface area (Å²) in [6, 6.07) is 7.72. The molecule has 1 saturated carbocycles. The van der Waals surface area contributed by atoms with Crippen LogP contribution >= 0.6 is 11.3 Å². The molecule has 1 aliphatic heterocycles. The first-order valence-corrected chi connectivity index (χ1v) is 11.0. The largest absolute Gasteiger partial charge is 0.338 e. The molecule has 0 spiro atoms. The third-order valence-electron chi connectivity index (χ3n) is 5.99. The maximum Gasteiger partial charge on any atom is 0.253 e. The van der Waals surface area contributed by atoms with E-state index in [-0.39, 0.29) is 11.8 Å². The summed E-state index contributed by atoms with van der Waals surface area (Å²) in [5, 5.41) is 1.00. The maximum atomic E-state index is 12.9. The average molecular weight is 409 g/mol. The van der Waals surface area contributed by atoms with Crippen molar-refractivity contribution in [1.82, 2.24) is 14.8 Å². The van der Waals surface area contributed by atoms with E-state index in [0.717, 1.165) is 41.9 Å². The van der Waals surface area contributed by atoms with Crippen LogP contribution in [0.3, 0.4) is 0 Å². The van der Waals surface area contributed by atoms with Crippen LogP contribution in [-0.2, 0) is 11.2 Å². The van der Waals surface area contributed by atoms with Gasteiger partial charge in [0.1, 0.15) is 5.01 Å². The van der Waals surface area contributed by atoms with Crippen molar-refractivity contribution in [3.05, 3.63) is 46.5 Å². The molecule has 0 radical (unpaired) electrons. The van der Waals surface area contributed by atoms with Gasteiger partial charge in [-0.15, -0.1) is 11.3 Å². The number of piperazine rings is 1. The minimum Gasteiger partial charge on any atom is -0.338 e. The molecule has 2 aliphatic carbocycles. The van der Waals surface area contributed by atoms with Gasteiger partial charge in [-0.05, 0) is 43.9 Å². The van der Waals surface area contributed by atoms with E-state index in [4.69, 9.17) is 10.7 Å². The zero-order chi connectivity index (χ0) is 20.0. The molecule has 3 aliphatic rings. The van der Waals surface area contributed by atoms with Crippen molar-refractivity contribution in [3.63, 3.8) is 0 Å². The fourth-order valence-corrected chi connectivity index (χ4v) is 4.99. The van der Waals surface area contributed by atoms with E-state index in [1.165, 1.54) is 4.88 Å². The number of thiazole rings is 1. The zero-order valence-corrected chi connectivity index (χ0v) is 17.1. The Morgan fingerprint density at radius 3 is 2.38 bits per heavy atom. The Labute approximate surface area is 174 Å². The van der Waals surface area contributed by atoms with Crippen LogP contribution in [0.2, 0.25) is 0 Å². The highest BCUT2D eigenvalue weighted by Crippen LogP contribution is 2.34. The number of amides is 2. The van der Waals surface area contributed by atoms with Gasteiger partial charge in [-0.3, -0.25) is 9.59 Å². The quantitative estimate of drug-likeness (QED) is 0.847. The monoisotopic (exact) mass is 408 g/mol. The van der Waals surface area contributed by atoms with Gasteiger partial charge in [-0.25, -0.2) is 4.98 Å². The molecule has 6 nitrogen and oxygen atoms in total. The summed E-state index contributed by atoms with van der Waals surface area (Å²) in [5.74, 6) is 0.0499. The number of hydrogen-bond acceptors (Lipinski definition) is 5. The van der Waals surface area contributed by atoms with Crippen molar-refractivity contribution in [2.24, 2.45) is 5.73 Å². The second kappa shape index (κ2) is 7.07. The van der Waals surface area contributed by atoms with Crippen LogP contribution in [0, 0.1) is 0 Å². The third kappa shape index (κ3) is 3.49. The van der Waals surface area contributed by atoms with Gasteiger partial charge in [0.2, 0.25) is 5.91 Å². The number of aromatic nitrogens is 1. The van der Waals surface area contributed by atoms with Crippen molar-refractivity contribution >= 4 is 29.2 Å². The van der Waals surface area contributed by atoms with Gasteiger partial charge in [0.25, 0.3) is 5.91 Å². The molecular weight excluding hydrogens is 384 g/mol. The molecule has 150 valence electrons. The summed E-state index contributed by atoms with van der Waals surface area (Å²) in [7, 11) is 0. The molecule has 2 fully saturated rings. The fraction of sp³-hybridized carbons (Fsp3) is 0.409. The lowest BCUT2D eigenvalue weighted by Crippen LogP contribution is -2.55. The first-order chi connectivity index (χ1) is 14.0.